The van der Waals surface area contributed by atoms with Gasteiger partial charge in [-0.15, -0.1) is 0 Å². The number of benzene rings is 2. The Labute approximate surface area is 188 Å². The summed E-state index contributed by atoms with van der Waals surface area (Å²) in [5.74, 6) is -3.47. The van der Waals surface area contributed by atoms with Gasteiger partial charge in [-0.2, -0.15) is 0 Å². The number of nitrogens with one attached hydrogen (secondary N) is 2. The largest absolute Gasteiger partial charge is 0.439 e. The Morgan fingerprint density at radius 3 is 2.16 bits per heavy atom. The molecule has 0 aliphatic rings. The van der Waals surface area contributed by atoms with Gasteiger partial charge in [-0.25, -0.2) is 13.6 Å². The number of anilines is 1. The van der Waals surface area contributed by atoms with Gasteiger partial charge >= 0.3 is 6.03 Å². The van der Waals surface area contributed by atoms with Crippen molar-refractivity contribution < 1.29 is 27.5 Å². The summed E-state index contributed by atoms with van der Waals surface area (Å²) in [7, 11) is -3.06. The zero-order valence-electron chi connectivity index (χ0n) is 17.0. The van der Waals surface area contributed by atoms with E-state index in [-0.39, 0.29) is 33.3 Å². The molecule has 0 saturated carbocycles. The van der Waals surface area contributed by atoms with E-state index in [9.17, 15) is 22.9 Å². The van der Waals surface area contributed by atoms with Crippen LogP contribution in [-0.2, 0) is 4.57 Å². The van der Waals surface area contributed by atoms with Crippen molar-refractivity contribution in [3.8, 4) is 5.75 Å². The molecule has 3 amide bonds. The molecule has 0 heterocycles. The molecule has 1 unspecified atom stereocenters. The molecule has 11 heteroatoms. The molecule has 0 bridgehead atoms. The minimum atomic E-state index is -3.06. The quantitative estimate of drug-likeness (QED) is 0.420. The highest BCUT2D eigenvalue weighted by atomic mass is 35.5. The third-order valence-electron chi connectivity index (χ3n) is 4.62. The molecule has 168 valence electrons. The van der Waals surface area contributed by atoms with Gasteiger partial charge in [-0.1, -0.05) is 50.0 Å². The minimum absolute atomic E-state index is 0.00810. The van der Waals surface area contributed by atoms with E-state index in [1.807, 2.05) is 19.2 Å². The van der Waals surface area contributed by atoms with Crippen molar-refractivity contribution in [2.24, 2.45) is 0 Å². The highest BCUT2D eigenvalue weighted by Gasteiger charge is 2.31. The maximum absolute atomic E-state index is 13.7. The number of amides is 3. The van der Waals surface area contributed by atoms with Crippen LogP contribution in [-0.4, -0.2) is 23.8 Å². The monoisotopic (exact) mass is 492 g/mol. The van der Waals surface area contributed by atoms with Crippen molar-refractivity contribution in [3.05, 3.63) is 57.6 Å². The maximum Gasteiger partial charge on any atom is 0.326 e. The molecular formula is C20H21Cl2F2N2O4P. The van der Waals surface area contributed by atoms with Crippen LogP contribution in [0.3, 0.4) is 0 Å². The van der Waals surface area contributed by atoms with E-state index in [4.69, 9.17) is 27.7 Å². The fourth-order valence-electron chi connectivity index (χ4n) is 2.66. The van der Waals surface area contributed by atoms with Gasteiger partial charge in [0.05, 0.1) is 10.0 Å². The van der Waals surface area contributed by atoms with Crippen LogP contribution in [0.1, 0.15) is 37.6 Å². The molecule has 0 radical (unpaired) electrons. The van der Waals surface area contributed by atoms with E-state index in [0.717, 1.165) is 18.2 Å². The Bertz CT molecular complexity index is 1010. The second-order valence-corrected chi connectivity index (χ2v) is 10.6. The summed E-state index contributed by atoms with van der Waals surface area (Å²) in [5, 5.41) is 4.09. The first-order valence-corrected chi connectivity index (χ1v) is 12.0. The summed E-state index contributed by atoms with van der Waals surface area (Å²) in [6, 6.07) is 4.38. The Morgan fingerprint density at radius 2 is 1.68 bits per heavy atom. The Hall–Kier alpha value is -2.15. The maximum atomic E-state index is 13.7. The second kappa shape index (κ2) is 10.4. The number of halogens is 4. The number of rotatable bonds is 7. The average molecular weight is 493 g/mol. The smallest absolute Gasteiger partial charge is 0.326 e. The first-order valence-electron chi connectivity index (χ1n) is 9.36. The summed E-state index contributed by atoms with van der Waals surface area (Å²) >= 11 is 12.4. The van der Waals surface area contributed by atoms with Gasteiger partial charge in [0, 0.05) is 17.5 Å². The number of carbonyl (C=O) groups excluding carboxylic acids is 2. The predicted octanol–water partition coefficient (Wildman–Crippen LogP) is 6.71. The average Bonchev–Trinajstić information content (AvgIpc) is 2.69. The third kappa shape index (κ3) is 5.97. The molecule has 2 rings (SSSR count). The molecule has 0 fully saturated rings. The number of hydrogen-bond acceptors (Lipinski definition) is 4. The predicted molar refractivity (Wildman–Crippen MR) is 118 cm³/mol. The molecular weight excluding hydrogens is 472 g/mol. The van der Waals surface area contributed by atoms with Crippen molar-refractivity contribution in [2.75, 3.05) is 11.5 Å². The zero-order valence-corrected chi connectivity index (χ0v) is 19.4. The zero-order chi connectivity index (χ0) is 23.3. The van der Waals surface area contributed by atoms with Crippen LogP contribution in [0, 0.1) is 11.6 Å². The van der Waals surface area contributed by atoms with Gasteiger partial charge in [0.1, 0.15) is 17.2 Å². The van der Waals surface area contributed by atoms with E-state index < -0.39 is 36.5 Å². The van der Waals surface area contributed by atoms with Gasteiger partial charge in [0.25, 0.3) is 5.91 Å². The lowest BCUT2D eigenvalue weighted by molar-refractivity contribution is 0.0959. The normalized spacial score (nSPS) is 13.8. The molecule has 2 aromatic rings. The molecule has 0 aliphatic heterocycles. The Morgan fingerprint density at radius 1 is 1.13 bits per heavy atom. The van der Waals surface area contributed by atoms with E-state index in [1.54, 1.807) is 6.92 Å². The van der Waals surface area contributed by atoms with E-state index >= 15 is 0 Å². The number of carbonyl (C=O) groups is 2. The molecule has 31 heavy (non-hydrogen) atoms. The standard InChI is InChI=1S/C20H21Cl2F2N2O4P/c1-4-11(3)31(29,5-2)30-18-13(21)9-12(10-14(18)22)25-20(28)26-19(27)17-15(23)7-6-8-16(17)24/h6-11H,4-5H2,1-3H3,(H2,25,26,27,28)/t11-,31?/m0/s1. The topological polar surface area (TPSA) is 84.5 Å². The van der Waals surface area contributed by atoms with Crippen LogP contribution < -0.4 is 15.2 Å². The molecule has 0 spiro atoms. The number of urea groups is 1. The van der Waals surface area contributed by atoms with E-state index in [1.165, 1.54) is 12.1 Å². The first kappa shape index (κ1) is 25.1. The highest BCUT2D eigenvalue weighted by molar-refractivity contribution is 7.60. The van der Waals surface area contributed by atoms with Gasteiger partial charge in [0.2, 0.25) is 7.37 Å². The lowest BCUT2D eigenvalue weighted by Gasteiger charge is -2.24. The number of imide groups is 1. The first-order chi connectivity index (χ1) is 14.5. The molecule has 2 atom stereocenters. The molecule has 0 aliphatic carbocycles. The molecule has 0 aromatic heterocycles. The van der Waals surface area contributed by atoms with Gasteiger partial charge < -0.3 is 9.84 Å². The van der Waals surface area contributed by atoms with Crippen LogP contribution in [0.4, 0.5) is 19.3 Å². The lowest BCUT2D eigenvalue weighted by Crippen LogP contribution is -2.35. The SMILES string of the molecule is CC[C@H](C)P(=O)(CC)Oc1c(Cl)cc(NC(=O)NC(=O)c2c(F)cccc2F)cc1Cl. The van der Waals surface area contributed by atoms with E-state index in [0.29, 0.717) is 6.42 Å². The molecule has 2 N–H and O–H groups in total. The summed E-state index contributed by atoms with van der Waals surface area (Å²) in [6.07, 6.45) is 0.919. The molecule has 6 nitrogen and oxygen atoms in total. The van der Waals surface area contributed by atoms with Crippen molar-refractivity contribution in [1.29, 1.82) is 0 Å². The number of hydrogen-bond donors (Lipinski definition) is 2. The summed E-state index contributed by atoms with van der Waals surface area (Å²) in [6.45, 7) is 5.44. The summed E-state index contributed by atoms with van der Waals surface area (Å²) in [5.41, 5.74) is -1.02. The Kier molecular flexibility index (Phi) is 8.46. The van der Waals surface area contributed by atoms with Gasteiger partial charge in [-0.05, 0) is 30.7 Å². The molecule has 0 saturated heterocycles. The fourth-order valence-corrected chi connectivity index (χ4v) is 5.33. The third-order valence-corrected chi connectivity index (χ3v) is 8.26. The lowest BCUT2D eigenvalue weighted by atomic mass is 10.2. The van der Waals surface area contributed by atoms with Crippen molar-refractivity contribution >= 4 is 48.2 Å². The second-order valence-electron chi connectivity index (χ2n) is 6.66. The van der Waals surface area contributed by atoms with Crippen LogP contribution >= 0.6 is 30.6 Å². The highest BCUT2D eigenvalue weighted by Crippen LogP contribution is 2.55. The van der Waals surface area contributed by atoms with Crippen molar-refractivity contribution in [1.82, 2.24) is 5.32 Å². The Balaban J connectivity index is 2.17. The summed E-state index contributed by atoms with van der Waals surface area (Å²) < 4.78 is 46.1. The van der Waals surface area contributed by atoms with E-state index in [2.05, 4.69) is 5.32 Å². The minimum Gasteiger partial charge on any atom is -0.439 e. The van der Waals surface area contributed by atoms with Crippen molar-refractivity contribution in [3.63, 3.8) is 0 Å². The van der Waals surface area contributed by atoms with Crippen LogP contribution in [0.15, 0.2) is 30.3 Å². The van der Waals surface area contributed by atoms with Crippen LogP contribution in [0.2, 0.25) is 10.0 Å². The molecule has 2 aromatic carbocycles. The van der Waals surface area contributed by atoms with Gasteiger partial charge in [-0.3, -0.25) is 14.7 Å². The van der Waals surface area contributed by atoms with Crippen LogP contribution in [0.25, 0.3) is 0 Å². The van der Waals surface area contributed by atoms with Gasteiger partial charge in [0.15, 0.2) is 5.75 Å². The summed E-state index contributed by atoms with van der Waals surface area (Å²) in [4.78, 5) is 24.1. The van der Waals surface area contributed by atoms with Crippen molar-refractivity contribution in [2.45, 2.75) is 32.9 Å². The van der Waals surface area contributed by atoms with Crippen LogP contribution in [0.5, 0.6) is 5.75 Å². The fraction of sp³-hybridized carbons (Fsp3) is 0.300.